The summed E-state index contributed by atoms with van der Waals surface area (Å²) in [6.45, 7) is 5.79. The lowest BCUT2D eigenvalue weighted by Crippen LogP contribution is -2.11. The maximum Gasteiger partial charge on any atom is 0.0716 e. The van der Waals surface area contributed by atoms with E-state index < -0.39 is 0 Å². The first-order valence-corrected chi connectivity index (χ1v) is 8.16. The predicted molar refractivity (Wildman–Crippen MR) is 85.9 cm³/mol. The molecule has 0 radical (unpaired) electrons. The van der Waals surface area contributed by atoms with Gasteiger partial charge in [0.2, 0.25) is 0 Å². The van der Waals surface area contributed by atoms with E-state index in [0.29, 0.717) is 0 Å². The van der Waals surface area contributed by atoms with Crippen LogP contribution in [0.15, 0.2) is 36.4 Å². The zero-order chi connectivity index (χ0) is 14.2. The highest BCUT2D eigenvalue weighted by Crippen LogP contribution is 2.36. The first-order valence-electron chi connectivity index (χ1n) is 8.16. The number of benzene rings is 1. The lowest BCUT2D eigenvalue weighted by molar-refractivity contribution is 0.134. The van der Waals surface area contributed by atoms with E-state index in [-0.39, 0.29) is 0 Å². The van der Waals surface area contributed by atoms with E-state index in [9.17, 15) is 0 Å². The minimum atomic E-state index is 0.741. The van der Waals surface area contributed by atoms with Crippen molar-refractivity contribution in [2.75, 3.05) is 6.61 Å². The molecule has 1 heteroatoms. The van der Waals surface area contributed by atoms with E-state index in [1.807, 2.05) is 6.92 Å². The van der Waals surface area contributed by atoms with Crippen LogP contribution in [0.3, 0.4) is 0 Å². The van der Waals surface area contributed by atoms with Crippen molar-refractivity contribution in [3.8, 4) is 0 Å². The van der Waals surface area contributed by atoms with Gasteiger partial charge >= 0.3 is 0 Å². The molecular weight excluding hydrogens is 244 g/mol. The molecule has 0 atom stereocenters. The minimum Gasteiger partial charge on any atom is -0.377 e. The minimum absolute atomic E-state index is 0.741. The van der Waals surface area contributed by atoms with Gasteiger partial charge in [0.05, 0.1) is 6.61 Å². The highest BCUT2D eigenvalue weighted by molar-refractivity contribution is 5.25. The summed E-state index contributed by atoms with van der Waals surface area (Å²) in [5.41, 5.74) is 2.80. The Labute approximate surface area is 124 Å². The van der Waals surface area contributed by atoms with E-state index in [4.69, 9.17) is 4.74 Å². The van der Waals surface area contributed by atoms with Gasteiger partial charge in [-0.2, -0.15) is 0 Å². The summed E-state index contributed by atoms with van der Waals surface area (Å²) in [5.74, 6) is 1.59. The Kier molecular flexibility index (Phi) is 6.32. The van der Waals surface area contributed by atoms with Gasteiger partial charge in [-0.1, -0.05) is 43.3 Å². The Morgan fingerprint density at radius 2 is 1.75 bits per heavy atom. The fraction of sp³-hybridized carbons (Fsp3) is 0.579. The molecule has 1 fully saturated rings. The van der Waals surface area contributed by atoms with Crippen molar-refractivity contribution in [1.29, 1.82) is 0 Å². The average Bonchev–Trinajstić information content (AvgIpc) is 2.52. The molecule has 1 aromatic carbocycles. The van der Waals surface area contributed by atoms with Crippen LogP contribution in [0.25, 0.3) is 0 Å². The zero-order valence-electron chi connectivity index (χ0n) is 13.0. The summed E-state index contributed by atoms with van der Waals surface area (Å²) in [5, 5.41) is 0. The van der Waals surface area contributed by atoms with E-state index in [2.05, 4.69) is 43.3 Å². The van der Waals surface area contributed by atoms with Crippen molar-refractivity contribution in [3.05, 3.63) is 47.5 Å². The summed E-state index contributed by atoms with van der Waals surface area (Å²) < 4.78 is 5.45. The van der Waals surface area contributed by atoms with E-state index in [0.717, 1.165) is 25.0 Å². The third-order valence-electron chi connectivity index (χ3n) is 4.34. The van der Waals surface area contributed by atoms with Crippen LogP contribution in [-0.4, -0.2) is 6.61 Å². The van der Waals surface area contributed by atoms with Gasteiger partial charge in [0.25, 0.3) is 0 Å². The molecule has 0 spiro atoms. The molecule has 110 valence electrons. The van der Waals surface area contributed by atoms with Crippen molar-refractivity contribution in [1.82, 2.24) is 0 Å². The van der Waals surface area contributed by atoms with Crippen LogP contribution in [0, 0.1) is 5.92 Å². The van der Waals surface area contributed by atoms with Crippen LogP contribution in [-0.2, 0) is 11.3 Å². The Morgan fingerprint density at radius 1 is 1.05 bits per heavy atom. The lowest BCUT2D eigenvalue weighted by Gasteiger charge is -2.27. The summed E-state index contributed by atoms with van der Waals surface area (Å²) in [6.07, 6.45) is 11.3. The largest absolute Gasteiger partial charge is 0.377 e. The maximum atomic E-state index is 5.45. The number of hydrogen-bond acceptors (Lipinski definition) is 1. The van der Waals surface area contributed by atoms with Crippen LogP contribution < -0.4 is 0 Å². The summed E-state index contributed by atoms with van der Waals surface area (Å²) >= 11 is 0. The molecule has 0 bridgehead atoms. The van der Waals surface area contributed by atoms with Gasteiger partial charge in [0.15, 0.2) is 0 Å². The Morgan fingerprint density at radius 3 is 2.35 bits per heavy atom. The number of allylic oxidation sites excluding steroid dienone is 2. The van der Waals surface area contributed by atoms with E-state index in [1.165, 1.54) is 43.2 Å². The van der Waals surface area contributed by atoms with E-state index in [1.54, 1.807) is 0 Å². The van der Waals surface area contributed by atoms with Gasteiger partial charge in [-0.05, 0) is 62.0 Å². The van der Waals surface area contributed by atoms with Crippen molar-refractivity contribution >= 4 is 0 Å². The first-order chi connectivity index (χ1) is 9.83. The third kappa shape index (κ3) is 4.49. The first kappa shape index (κ1) is 15.3. The molecule has 1 aliphatic carbocycles. The lowest BCUT2D eigenvalue weighted by atomic mass is 9.78. The van der Waals surface area contributed by atoms with Gasteiger partial charge in [-0.3, -0.25) is 0 Å². The number of ether oxygens (including phenoxy) is 1. The molecule has 1 aromatic rings. The standard InChI is InChI=1S/C19H28O/c1-3-5-6-16-7-11-18(12-8-16)19-13-9-17(10-14-19)15-20-4-2/h5-6,9-10,13-14,16,18H,3-4,7-8,11-12,15H2,1-2H3/t16-,18-. The molecule has 0 aromatic heterocycles. The topological polar surface area (TPSA) is 9.23 Å². The summed E-state index contributed by atoms with van der Waals surface area (Å²) in [6, 6.07) is 9.07. The summed E-state index contributed by atoms with van der Waals surface area (Å²) in [7, 11) is 0. The van der Waals surface area contributed by atoms with Crippen LogP contribution in [0.5, 0.6) is 0 Å². The van der Waals surface area contributed by atoms with Gasteiger partial charge in [-0.25, -0.2) is 0 Å². The van der Waals surface area contributed by atoms with Crippen LogP contribution in [0.2, 0.25) is 0 Å². The smallest absolute Gasteiger partial charge is 0.0716 e. The summed E-state index contributed by atoms with van der Waals surface area (Å²) in [4.78, 5) is 0. The zero-order valence-corrected chi connectivity index (χ0v) is 13.0. The van der Waals surface area contributed by atoms with Crippen LogP contribution in [0.1, 0.15) is 63.0 Å². The van der Waals surface area contributed by atoms with Crippen molar-refractivity contribution in [3.63, 3.8) is 0 Å². The molecule has 20 heavy (non-hydrogen) atoms. The SMILES string of the molecule is CCC=C[C@H]1CC[C@H](c2ccc(COCC)cc2)CC1. The Bertz CT molecular complexity index is 396. The molecule has 1 aliphatic rings. The maximum absolute atomic E-state index is 5.45. The van der Waals surface area contributed by atoms with Crippen LogP contribution >= 0.6 is 0 Å². The monoisotopic (exact) mass is 272 g/mol. The van der Waals surface area contributed by atoms with E-state index >= 15 is 0 Å². The molecule has 1 nitrogen and oxygen atoms in total. The second-order valence-electron chi connectivity index (χ2n) is 5.83. The van der Waals surface area contributed by atoms with Gasteiger partial charge in [0.1, 0.15) is 0 Å². The second-order valence-corrected chi connectivity index (χ2v) is 5.83. The molecule has 1 saturated carbocycles. The molecule has 0 unspecified atom stereocenters. The Balaban J connectivity index is 1.85. The predicted octanol–water partition coefficient (Wildman–Crippen LogP) is 5.46. The third-order valence-corrected chi connectivity index (χ3v) is 4.34. The fourth-order valence-corrected chi connectivity index (χ4v) is 3.08. The highest BCUT2D eigenvalue weighted by atomic mass is 16.5. The average molecular weight is 272 g/mol. The second kappa shape index (κ2) is 8.26. The normalized spacial score (nSPS) is 23.3. The molecule has 0 heterocycles. The van der Waals surface area contributed by atoms with Crippen molar-refractivity contribution in [2.24, 2.45) is 5.92 Å². The van der Waals surface area contributed by atoms with Crippen molar-refractivity contribution in [2.45, 2.75) is 58.5 Å². The highest BCUT2D eigenvalue weighted by Gasteiger charge is 2.20. The fourth-order valence-electron chi connectivity index (χ4n) is 3.08. The van der Waals surface area contributed by atoms with Gasteiger partial charge in [-0.15, -0.1) is 0 Å². The molecular formula is C19H28O. The number of hydrogen-bond donors (Lipinski definition) is 0. The van der Waals surface area contributed by atoms with Crippen LogP contribution in [0.4, 0.5) is 0 Å². The molecule has 0 aliphatic heterocycles. The Hall–Kier alpha value is -1.08. The number of rotatable bonds is 6. The molecule has 0 N–H and O–H groups in total. The molecule has 2 rings (SSSR count). The van der Waals surface area contributed by atoms with Crippen molar-refractivity contribution < 1.29 is 4.74 Å². The quantitative estimate of drug-likeness (QED) is 0.624. The van der Waals surface area contributed by atoms with Gasteiger partial charge in [0, 0.05) is 6.61 Å². The molecule has 0 amide bonds. The molecule has 0 saturated heterocycles. The van der Waals surface area contributed by atoms with Gasteiger partial charge < -0.3 is 4.74 Å².